The molecule has 0 spiro atoms. The molecule has 7 nitrogen and oxygen atoms in total. The summed E-state index contributed by atoms with van der Waals surface area (Å²) in [5.74, 6) is 0.243. The summed E-state index contributed by atoms with van der Waals surface area (Å²) < 4.78 is 27.3. The highest BCUT2D eigenvalue weighted by Gasteiger charge is 2.34. The predicted octanol–water partition coefficient (Wildman–Crippen LogP) is 0.0298. The molecule has 2 unspecified atom stereocenters. The molecule has 1 aliphatic rings. The van der Waals surface area contributed by atoms with Crippen LogP contribution in [0.15, 0.2) is 5.16 Å². The maximum atomic E-state index is 12.4. The number of nitrogens with zero attached hydrogens (tertiary/aromatic N) is 3. The minimum atomic E-state index is -3.55. The quantitative estimate of drug-likeness (QED) is 0.328. The first-order valence-electron chi connectivity index (χ1n) is 6.01. The monoisotopic (exact) mass is 278 g/mol. The lowest BCUT2D eigenvalue weighted by atomic mass is 10.0. The summed E-state index contributed by atoms with van der Waals surface area (Å²) in [4.78, 5) is 0. The van der Waals surface area contributed by atoms with E-state index in [0.717, 1.165) is 17.1 Å². The largest absolute Gasteiger partial charge is 0.409 e. The van der Waals surface area contributed by atoms with Crippen molar-refractivity contribution < 1.29 is 13.6 Å². The third-order valence-corrected chi connectivity index (χ3v) is 5.43. The molecule has 3 N–H and O–H groups in total. The number of hydrogen-bond donors (Lipinski definition) is 2. The molecular formula is C10H22N4O3S. The van der Waals surface area contributed by atoms with Crippen LogP contribution in [0.3, 0.4) is 0 Å². The van der Waals surface area contributed by atoms with Gasteiger partial charge in [-0.05, 0) is 25.7 Å². The molecule has 1 aliphatic heterocycles. The fraction of sp³-hybridized carbons (Fsp3) is 0.900. The van der Waals surface area contributed by atoms with Crippen LogP contribution in [-0.4, -0.2) is 54.3 Å². The van der Waals surface area contributed by atoms with Crippen LogP contribution in [-0.2, 0) is 10.2 Å². The van der Waals surface area contributed by atoms with E-state index < -0.39 is 16.3 Å². The molecule has 1 rings (SSSR count). The van der Waals surface area contributed by atoms with Crippen molar-refractivity contribution in [2.75, 3.05) is 20.1 Å². The van der Waals surface area contributed by atoms with E-state index in [1.165, 1.54) is 11.4 Å². The van der Waals surface area contributed by atoms with Gasteiger partial charge in [-0.1, -0.05) is 12.1 Å². The van der Waals surface area contributed by atoms with E-state index >= 15 is 0 Å². The van der Waals surface area contributed by atoms with Gasteiger partial charge in [0.1, 0.15) is 0 Å². The lowest BCUT2D eigenvalue weighted by Crippen LogP contribution is -2.52. The van der Waals surface area contributed by atoms with Gasteiger partial charge in [-0.15, -0.1) is 0 Å². The SMILES string of the molecule is CC1CCCN(S(=O)(=O)N(C)C(C)C(N)=NO)C1. The highest BCUT2D eigenvalue weighted by atomic mass is 32.2. The van der Waals surface area contributed by atoms with Crippen molar-refractivity contribution in [3.63, 3.8) is 0 Å². The third kappa shape index (κ3) is 3.12. The predicted molar refractivity (Wildman–Crippen MR) is 69.5 cm³/mol. The zero-order valence-corrected chi connectivity index (χ0v) is 11.9. The molecule has 0 amide bonds. The number of hydrogen-bond acceptors (Lipinski definition) is 4. The lowest BCUT2D eigenvalue weighted by molar-refractivity contribution is 0.260. The first-order chi connectivity index (χ1) is 8.30. The Balaban J connectivity index is 2.85. The molecule has 1 fully saturated rings. The standard InChI is InChI=1S/C10H22N4O3S/c1-8-5-4-6-14(7-8)18(16,17)13(3)9(2)10(11)12-15/h8-9,15H,4-7H2,1-3H3,(H2,11,12). The van der Waals surface area contributed by atoms with E-state index in [1.54, 1.807) is 6.92 Å². The molecule has 18 heavy (non-hydrogen) atoms. The molecule has 0 aromatic carbocycles. The molecule has 1 saturated heterocycles. The van der Waals surface area contributed by atoms with Crippen molar-refractivity contribution in [3.8, 4) is 0 Å². The summed E-state index contributed by atoms with van der Waals surface area (Å²) in [5, 5.41) is 11.5. The van der Waals surface area contributed by atoms with Crippen molar-refractivity contribution in [3.05, 3.63) is 0 Å². The minimum Gasteiger partial charge on any atom is -0.409 e. The van der Waals surface area contributed by atoms with Crippen LogP contribution >= 0.6 is 0 Å². The Hall–Kier alpha value is -0.860. The van der Waals surface area contributed by atoms with Crippen LogP contribution in [0.2, 0.25) is 0 Å². The molecule has 1 heterocycles. The molecule has 106 valence electrons. The summed E-state index contributed by atoms with van der Waals surface area (Å²) in [7, 11) is -2.11. The molecule has 2 atom stereocenters. The average molecular weight is 278 g/mol. The molecule has 0 saturated carbocycles. The highest BCUT2D eigenvalue weighted by Crippen LogP contribution is 2.20. The van der Waals surface area contributed by atoms with Gasteiger partial charge in [-0.2, -0.15) is 17.0 Å². The summed E-state index contributed by atoms with van der Waals surface area (Å²) in [6.07, 6.45) is 1.91. The van der Waals surface area contributed by atoms with Crippen molar-refractivity contribution in [2.24, 2.45) is 16.8 Å². The van der Waals surface area contributed by atoms with Crippen LogP contribution in [0.25, 0.3) is 0 Å². The Kier molecular flexibility index (Phi) is 4.94. The van der Waals surface area contributed by atoms with Crippen LogP contribution in [0.1, 0.15) is 26.7 Å². The van der Waals surface area contributed by atoms with Gasteiger partial charge in [0.25, 0.3) is 10.2 Å². The van der Waals surface area contributed by atoms with E-state index in [0.29, 0.717) is 19.0 Å². The number of rotatable bonds is 4. The van der Waals surface area contributed by atoms with Gasteiger partial charge in [-0.3, -0.25) is 0 Å². The summed E-state index contributed by atoms with van der Waals surface area (Å²) in [6.45, 7) is 4.67. The molecule has 0 radical (unpaired) electrons. The topological polar surface area (TPSA) is 99.2 Å². The Bertz CT molecular complexity index is 409. The number of oxime groups is 1. The second kappa shape index (κ2) is 5.85. The number of piperidine rings is 1. The Morgan fingerprint density at radius 2 is 2.22 bits per heavy atom. The van der Waals surface area contributed by atoms with Crippen LogP contribution in [0.5, 0.6) is 0 Å². The Morgan fingerprint density at radius 3 is 2.72 bits per heavy atom. The zero-order chi connectivity index (χ0) is 13.9. The first kappa shape index (κ1) is 15.2. The number of amidine groups is 1. The molecule has 0 aromatic heterocycles. The summed E-state index contributed by atoms with van der Waals surface area (Å²) in [6, 6.07) is -0.669. The van der Waals surface area contributed by atoms with Crippen molar-refractivity contribution in [1.82, 2.24) is 8.61 Å². The first-order valence-corrected chi connectivity index (χ1v) is 7.41. The average Bonchev–Trinajstić information content (AvgIpc) is 2.35. The molecular weight excluding hydrogens is 256 g/mol. The van der Waals surface area contributed by atoms with Gasteiger partial charge in [0.15, 0.2) is 5.84 Å². The van der Waals surface area contributed by atoms with E-state index in [9.17, 15) is 8.42 Å². The van der Waals surface area contributed by atoms with E-state index in [2.05, 4.69) is 5.16 Å². The van der Waals surface area contributed by atoms with E-state index in [4.69, 9.17) is 10.9 Å². The number of nitrogens with two attached hydrogens (primary N) is 1. The normalized spacial score (nSPS) is 25.3. The van der Waals surface area contributed by atoms with Crippen molar-refractivity contribution in [1.29, 1.82) is 0 Å². The fourth-order valence-corrected chi connectivity index (χ4v) is 3.68. The maximum Gasteiger partial charge on any atom is 0.282 e. The van der Waals surface area contributed by atoms with Gasteiger partial charge in [0.05, 0.1) is 6.04 Å². The second-order valence-corrected chi connectivity index (χ2v) is 6.82. The highest BCUT2D eigenvalue weighted by molar-refractivity contribution is 7.86. The van der Waals surface area contributed by atoms with E-state index in [1.807, 2.05) is 6.92 Å². The zero-order valence-electron chi connectivity index (χ0n) is 11.1. The van der Waals surface area contributed by atoms with Gasteiger partial charge in [-0.25, -0.2) is 0 Å². The lowest BCUT2D eigenvalue weighted by Gasteiger charge is -2.34. The maximum absolute atomic E-state index is 12.4. The smallest absolute Gasteiger partial charge is 0.282 e. The second-order valence-electron chi connectivity index (χ2n) is 4.83. The van der Waals surface area contributed by atoms with Crippen molar-refractivity contribution >= 4 is 16.0 Å². The molecule has 0 bridgehead atoms. The minimum absolute atomic E-state index is 0.119. The molecule has 8 heteroatoms. The van der Waals surface area contributed by atoms with Crippen molar-refractivity contribution in [2.45, 2.75) is 32.7 Å². The van der Waals surface area contributed by atoms with Crippen LogP contribution < -0.4 is 5.73 Å². The van der Waals surface area contributed by atoms with Gasteiger partial charge in [0, 0.05) is 20.1 Å². The fourth-order valence-electron chi connectivity index (χ4n) is 2.01. The van der Waals surface area contributed by atoms with Gasteiger partial charge < -0.3 is 10.9 Å². The van der Waals surface area contributed by atoms with Crippen LogP contribution in [0, 0.1) is 5.92 Å². The molecule has 0 aromatic rings. The summed E-state index contributed by atoms with van der Waals surface area (Å²) >= 11 is 0. The van der Waals surface area contributed by atoms with E-state index in [-0.39, 0.29) is 5.84 Å². The van der Waals surface area contributed by atoms with Crippen LogP contribution in [0.4, 0.5) is 0 Å². The van der Waals surface area contributed by atoms with Gasteiger partial charge >= 0.3 is 0 Å². The third-order valence-electron chi connectivity index (χ3n) is 3.40. The Labute approximate surface area is 108 Å². The van der Waals surface area contributed by atoms with Gasteiger partial charge in [0.2, 0.25) is 0 Å². The summed E-state index contributed by atoms with van der Waals surface area (Å²) in [5.41, 5.74) is 5.45. The number of likely N-dealkylation sites (N-methyl/N-ethyl adjacent to an activating group) is 1. The Morgan fingerprint density at radius 1 is 1.61 bits per heavy atom. The molecule has 0 aliphatic carbocycles.